The number of carbonyl (C=O) groups is 2. The van der Waals surface area contributed by atoms with Crippen molar-refractivity contribution in [2.75, 3.05) is 19.0 Å². The predicted octanol–water partition coefficient (Wildman–Crippen LogP) is 2.76. The minimum Gasteiger partial charge on any atom is -0.495 e. The molecule has 0 aliphatic rings. The lowest BCUT2D eigenvalue weighted by molar-refractivity contribution is -0.130. The van der Waals surface area contributed by atoms with E-state index < -0.39 is 5.41 Å². The summed E-state index contributed by atoms with van der Waals surface area (Å²) >= 11 is 6.00. The second-order valence-electron chi connectivity index (χ2n) is 5.78. The molecule has 116 valence electrons. The van der Waals surface area contributed by atoms with Gasteiger partial charge in [-0.2, -0.15) is 0 Å². The van der Waals surface area contributed by atoms with Crippen molar-refractivity contribution in [3.05, 3.63) is 22.7 Å². The van der Waals surface area contributed by atoms with Crippen LogP contribution in [-0.4, -0.2) is 25.5 Å². The number of methoxy groups -OCH3 is 1. The van der Waals surface area contributed by atoms with Crippen LogP contribution < -0.4 is 15.4 Å². The average molecular weight is 313 g/mol. The van der Waals surface area contributed by atoms with Gasteiger partial charge < -0.3 is 15.4 Å². The molecule has 0 fully saturated rings. The van der Waals surface area contributed by atoms with Crippen LogP contribution in [0.25, 0.3) is 0 Å². The first-order valence-electron chi connectivity index (χ1n) is 6.57. The van der Waals surface area contributed by atoms with Crippen molar-refractivity contribution < 1.29 is 14.3 Å². The smallest absolute Gasteiger partial charge is 0.243 e. The Labute approximate surface area is 130 Å². The van der Waals surface area contributed by atoms with E-state index in [1.807, 2.05) is 6.92 Å². The van der Waals surface area contributed by atoms with Gasteiger partial charge in [-0.15, -0.1) is 0 Å². The zero-order valence-electron chi connectivity index (χ0n) is 13.0. The first kappa shape index (κ1) is 17.3. The summed E-state index contributed by atoms with van der Waals surface area (Å²) in [7, 11) is 1.50. The quantitative estimate of drug-likeness (QED) is 0.898. The summed E-state index contributed by atoms with van der Waals surface area (Å²) < 4.78 is 5.18. The molecule has 0 aromatic heterocycles. The molecule has 0 saturated heterocycles. The third-order valence-electron chi connectivity index (χ3n) is 2.85. The Morgan fingerprint density at radius 2 is 1.90 bits per heavy atom. The van der Waals surface area contributed by atoms with Gasteiger partial charge in [0.2, 0.25) is 11.8 Å². The molecule has 0 saturated carbocycles. The van der Waals surface area contributed by atoms with E-state index in [1.165, 1.54) is 7.11 Å². The van der Waals surface area contributed by atoms with Crippen molar-refractivity contribution in [2.24, 2.45) is 5.41 Å². The van der Waals surface area contributed by atoms with Gasteiger partial charge in [0.1, 0.15) is 5.75 Å². The zero-order valence-corrected chi connectivity index (χ0v) is 13.7. The summed E-state index contributed by atoms with van der Waals surface area (Å²) in [6.45, 7) is 7.09. The maximum Gasteiger partial charge on any atom is 0.243 e. The maximum absolute atomic E-state index is 11.9. The molecule has 1 rings (SSSR count). The first-order chi connectivity index (χ1) is 9.65. The number of benzene rings is 1. The van der Waals surface area contributed by atoms with Crippen molar-refractivity contribution in [3.8, 4) is 5.75 Å². The van der Waals surface area contributed by atoms with Gasteiger partial charge in [-0.3, -0.25) is 9.59 Å². The van der Waals surface area contributed by atoms with Crippen LogP contribution in [0.3, 0.4) is 0 Å². The second-order valence-corrected chi connectivity index (χ2v) is 6.19. The number of ether oxygens (including phenoxy) is 1. The SMILES string of the molecule is COc1cc(Cl)c(C)cc1NC(=O)CNC(=O)C(C)(C)C. The summed E-state index contributed by atoms with van der Waals surface area (Å²) in [5, 5.41) is 5.85. The van der Waals surface area contributed by atoms with Crippen LogP contribution in [-0.2, 0) is 9.59 Å². The summed E-state index contributed by atoms with van der Waals surface area (Å²) in [5.74, 6) is -0.0365. The topological polar surface area (TPSA) is 67.4 Å². The Morgan fingerprint density at radius 1 is 1.29 bits per heavy atom. The van der Waals surface area contributed by atoms with Gasteiger partial charge in [0.25, 0.3) is 0 Å². The summed E-state index contributed by atoms with van der Waals surface area (Å²) in [6.07, 6.45) is 0. The Hall–Kier alpha value is -1.75. The molecular formula is C15H21ClN2O3. The van der Waals surface area contributed by atoms with E-state index in [1.54, 1.807) is 32.9 Å². The molecule has 0 atom stereocenters. The van der Waals surface area contributed by atoms with Crippen LogP contribution in [0.2, 0.25) is 5.02 Å². The largest absolute Gasteiger partial charge is 0.495 e. The number of anilines is 1. The van der Waals surface area contributed by atoms with E-state index in [0.717, 1.165) is 5.56 Å². The molecule has 0 unspecified atom stereocenters. The number of hydrogen-bond acceptors (Lipinski definition) is 3. The number of halogens is 1. The third-order valence-corrected chi connectivity index (χ3v) is 3.25. The fraction of sp³-hybridized carbons (Fsp3) is 0.467. The van der Waals surface area contributed by atoms with Crippen LogP contribution in [0, 0.1) is 12.3 Å². The lowest BCUT2D eigenvalue weighted by atomic mass is 9.96. The molecular weight excluding hydrogens is 292 g/mol. The lowest BCUT2D eigenvalue weighted by Gasteiger charge is -2.18. The van der Waals surface area contributed by atoms with Crippen LogP contribution in [0.4, 0.5) is 5.69 Å². The highest BCUT2D eigenvalue weighted by Crippen LogP contribution is 2.30. The van der Waals surface area contributed by atoms with E-state index in [9.17, 15) is 9.59 Å². The lowest BCUT2D eigenvalue weighted by Crippen LogP contribution is -2.39. The molecule has 0 heterocycles. The zero-order chi connectivity index (χ0) is 16.2. The van der Waals surface area contributed by atoms with Gasteiger partial charge >= 0.3 is 0 Å². The minimum absolute atomic E-state index is 0.0963. The number of hydrogen-bond donors (Lipinski definition) is 2. The fourth-order valence-corrected chi connectivity index (χ4v) is 1.70. The number of aryl methyl sites for hydroxylation is 1. The van der Waals surface area contributed by atoms with E-state index >= 15 is 0 Å². The van der Waals surface area contributed by atoms with Crippen molar-refractivity contribution in [3.63, 3.8) is 0 Å². The average Bonchev–Trinajstić information content (AvgIpc) is 2.38. The van der Waals surface area contributed by atoms with Gasteiger partial charge in [0, 0.05) is 16.5 Å². The summed E-state index contributed by atoms with van der Waals surface area (Å²) in [5.41, 5.74) is 0.815. The van der Waals surface area contributed by atoms with Gasteiger partial charge in [-0.25, -0.2) is 0 Å². The molecule has 0 radical (unpaired) electrons. The van der Waals surface area contributed by atoms with E-state index in [0.29, 0.717) is 16.5 Å². The molecule has 5 nitrogen and oxygen atoms in total. The molecule has 0 bridgehead atoms. The number of carbonyl (C=O) groups excluding carboxylic acids is 2. The van der Waals surface area contributed by atoms with Crippen LogP contribution in [0.15, 0.2) is 12.1 Å². The van der Waals surface area contributed by atoms with Crippen molar-refractivity contribution in [2.45, 2.75) is 27.7 Å². The first-order valence-corrected chi connectivity index (χ1v) is 6.95. The molecule has 21 heavy (non-hydrogen) atoms. The van der Waals surface area contributed by atoms with E-state index in [2.05, 4.69) is 10.6 Å². The highest BCUT2D eigenvalue weighted by Gasteiger charge is 2.21. The molecule has 1 aromatic rings. The third kappa shape index (κ3) is 4.93. The molecule has 6 heteroatoms. The Bertz CT molecular complexity index is 551. The van der Waals surface area contributed by atoms with Crippen molar-refractivity contribution in [1.82, 2.24) is 5.32 Å². The molecule has 0 spiro atoms. The van der Waals surface area contributed by atoms with Crippen molar-refractivity contribution >= 4 is 29.1 Å². The Morgan fingerprint density at radius 3 is 2.43 bits per heavy atom. The number of rotatable bonds is 4. The molecule has 2 amide bonds. The van der Waals surface area contributed by atoms with Gasteiger partial charge in [-0.1, -0.05) is 32.4 Å². The Balaban J connectivity index is 2.71. The van der Waals surface area contributed by atoms with Gasteiger partial charge in [0.15, 0.2) is 0 Å². The van der Waals surface area contributed by atoms with Crippen LogP contribution in [0.1, 0.15) is 26.3 Å². The normalized spacial score (nSPS) is 11.0. The van der Waals surface area contributed by atoms with Crippen molar-refractivity contribution in [1.29, 1.82) is 0 Å². The molecule has 0 aliphatic heterocycles. The molecule has 1 aromatic carbocycles. The number of nitrogens with one attached hydrogen (secondary N) is 2. The maximum atomic E-state index is 11.9. The highest BCUT2D eigenvalue weighted by atomic mass is 35.5. The highest BCUT2D eigenvalue weighted by molar-refractivity contribution is 6.31. The summed E-state index contributed by atoms with van der Waals surface area (Å²) in [4.78, 5) is 23.6. The standard InChI is InChI=1S/C15H21ClN2O3/c1-9-6-11(12(21-5)7-10(9)16)18-13(19)8-17-14(20)15(2,3)4/h6-7H,8H2,1-5H3,(H,17,20)(H,18,19). The van der Waals surface area contributed by atoms with Gasteiger partial charge in [0.05, 0.1) is 19.3 Å². The van der Waals surface area contributed by atoms with Crippen LogP contribution >= 0.6 is 11.6 Å². The Kier molecular flexibility index (Phi) is 5.61. The number of amides is 2. The fourth-order valence-electron chi connectivity index (χ4n) is 1.55. The van der Waals surface area contributed by atoms with E-state index in [-0.39, 0.29) is 18.4 Å². The predicted molar refractivity (Wildman–Crippen MR) is 83.8 cm³/mol. The monoisotopic (exact) mass is 312 g/mol. The molecule has 0 aliphatic carbocycles. The summed E-state index contributed by atoms with van der Waals surface area (Å²) in [6, 6.07) is 3.37. The minimum atomic E-state index is -0.533. The van der Waals surface area contributed by atoms with Crippen LogP contribution in [0.5, 0.6) is 5.75 Å². The van der Waals surface area contributed by atoms with Gasteiger partial charge in [-0.05, 0) is 18.6 Å². The molecule has 2 N–H and O–H groups in total. The van der Waals surface area contributed by atoms with E-state index in [4.69, 9.17) is 16.3 Å². The second kappa shape index (κ2) is 6.80.